The number of hydrogen-bond acceptors (Lipinski definition) is 5. The van der Waals surface area contributed by atoms with Crippen LogP contribution in [0.25, 0.3) is 0 Å². The van der Waals surface area contributed by atoms with E-state index in [0.29, 0.717) is 19.3 Å². The molecular formula is C11H19NO5. The van der Waals surface area contributed by atoms with E-state index < -0.39 is 17.7 Å². The molecule has 17 heavy (non-hydrogen) atoms. The van der Waals surface area contributed by atoms with Crippen LogP contribution in [0, 0.1) is 0 Å². The van der Waals surface area contributed by atoms with Crippen LogP contribution in [-0.2, 0) is 19.1 Å². The molecule has 1 N–H and O–H groups in total. The number of rotatable bonds is 6. The topological polar surface area (TPSA) is 81.7 Å². The van der Waals surface area contributed by atoms with E-state index in [0.717, 1.165) is 0 Å². The van der Waals surface area contributed by atoms with E-state index in [2.05, 4.69) is 10.1 Å². The molecule has 0 aromatic rings. The zero-order valence-corrected chi connectivity index (χ0v) is 10.4. The first-order valence-electron chi connectivity index (χ1n) is 5.41. The smallest absolute Gasteiger partial charge is 0.407 e. The number of nitrogens with one attached hydrogen (secondary N) is 1. The fourth-order valence-electron chi connectivity index (χ4n) is 0.936. The summed E-state index contributed by atoms with van der Waals surface area (Å²) < 4.78 is 9.52. The zero-order chi connectivity index (χ0) is 13.3. The molecule has 0 atom stereocenters. The van der Waals surface area contributed by atoms with Gasteiger partial charge < -0.3 is 14.8 Å². The van der Waals surface area contributed by atoms with Gasteiger partial charge in [-0.15, -0.1) is 0 Å². The van der Waals surface area contributed by atoms with Crippen LogP contribution in [0.15, 0.2) is 0 Å². The van der Waals surface area contributed by atoms with Crippen molar-refractivity contribution < 1.29 is 23.9 Å². The number of ether oxygens (including phenoxy) is 2. The van der Waals surface area contributed by atoms with Crippen LogP contribution >= 0.6 is 0 Å². The Balaban J connectivity index is 3.54. The van der Waals surface area contributed by atoms with Gasteiger partial charge in [0.05, 0.1) is 0 Å². The van der Waals surface area contributed by atoms with E-state index in [9.17, 15) is 14.4 Å². The predicted molar refractivity (Wildman–Crippen MR) is 60.5 cm³/mol. The van der Waals surface area contributed by atoms with Crippen molar-refractivity contribution in [2.45, 2.75) is 39.2 Å². The minimum absolute atomic E-state index is 0.156. The Hall–Kier alpha value is -1.59. The maximum atomic E-state index is 11.2. The van der Waals surface area contributed by atoms with Crippen molar-refractivity contribution in [1.29, 1.82) is 0 Å². The van der Waals surface area contributed by atoms with Crippen molar-refractivity contribution in [3.05, 3.63) is 0 Å². The van der Waals surface area contributed by atoms with E-state index in [1.807, 2.05) is 0 Å². The third-order valence-electron chi connectivity index (χ3n) is 1.54. The van der Waals surface area contributed by atoms with Crippen molar-refractivity contribution in [1.82, 2.24) is 5.32 Å². The molecule has 0 bridgehead atoms. The molecule has 0 spiro atoms. The Bertz CT molecular complexity index is 270. The Labute approximate surface area is 101 Å². The summed E-state index contributed by atoms with van der Waals surface area (Å²) in [6.45, 7) is 5.40. The largest absolute Gasteiger partial charge is 0.458 e. The fourth-order valence-corrected chi connectivity index (χ4v) is 0.936. The Morgan fingerprint density at radius 1 is 1.29 bits per heavy atom. The summed E-state index contributed by atoms with van der Waals surface area (Å²) in [7, 11) is 0. The van der Waals surface area contributed by atoms with Gasteiger partial charge in [0.2, 0.25) is 0 Å². The van der Waals surface area contributed by atoms with Crippen molar-refractivity contribution in [3.63, 3.8) is 0 Å². The average Bonchev–Trinajstić information content (AvgIpc) is 2.19. The molecule has 1 amide bonds. The molecule has 0 aromatic heterocycles. The molecule has 6 heteroatoms. The van der Waals surface area contributed by atoms with Crippen molar-refractivity contribution >= 4 is 18.3 Å². The van der Waals surface area contributed by atoms with Crippen LogP contribution in [0.5, 0.6) is 0 Å². The molecule has 0 unspecified atom stereocenters. The normalized spacial score (nSPS) is 10.5. The first-order chi connectivity index (χ1) is 7.85. The van der Waals surface area contributed by atoms with Gasteiger partial charge in [0.25, 0.3) is 0 Å². The number of amides is 1. The minimum Gasteiger partial charge on any atom is -0.458 e. The standard InChI is InChI=1S/C11H19NO5/c1-11(2,3)17-10(15)12-6-4-5-9(14)16-8-7-13/h7H,4-6,8H2,1-3H3,(H,12,15). The zero-order valence-electron chi connectivity index (χ0n) is 10.4. The maximum Gasteiger partial charge on any atom is 0.407 e. The second-order valence-corrected chi connectivity index (χ2v) is 4.38. The monoisotopic (exact) mass is 245 g/mol. The van der Waals surface area contributed by atoms with E-state index >= 15 is 0 Å². The summed E-state index contributed by atoms with van der Waals surface area (Å²) in [5.41, 5.74) is -0.535. The van der Waals surface area contributed by atoms with Gasteiger partial charge in [-0.05, 0) is 27.2 Å². The lowest BCUT2D eigenvalue weighted by molar-refractivity contribution is -0.145. The molecule has 0 saturated heterocycles. The Morgan fingerprint density at radius 3 is 2.47 bits per heavy atom. The Kier molecular flexibility index (Phi) is 6.93. The van der Waals surface area contributed by atoms with Crippen molar-refractivity contribution in [3.8, 4) is 0 Å². The summed E-state index contributed by atoms with van der Waals surface area (Å²) >= 11 is 0. The third-order valence-corrected chi connectivity index (χ3v) is 1.54. The van der Waals surface area contributed by atoms with Crippen LogP contribution in [0.2, 0.25) is 0 Å². The second kappa shape index (κ2) is 7.65. The number of aldehydes is 1. The predicted octanol–water partition coefficient (Wildman–Crippen LogP) is 1.03. The molecule has 0 aliphatic carbocycles. The molecule has 6 nitrogen and oxygen atoms in total. The van der Waals surface area contributed by atoms with E-state index in [1.54, 1.807) is 20.8 Å². The van der Waals surface area contributed by atoms with Gasteiger partial charge in [0, 0.05) is 13.0 Å². The van der Waals surface area contributed by atoms with Gasteiger partial charge >= 0.3 is 12.1 Å². The van der Waals surface area contributed by atoms with Crippen LogP contribution < -0.4 is 5.32 Å². The van der Waals surface area contributed by atoms with E-state index in [-0.39, 0.29) is 13.0 Å². The molecule has 0 aromatic carbocycles. The molecule has 0 saturated carbocycles. The highest BCUT2D eigenvalue weighted by atomic mass is 16.6. The van der Waals surface area contributed by atoms with Gasteiger partial charge in [0.1, 0.15) is 12.2 Å². The molecule has 0 radical (unpaired) electrons. The van der Waals surface area contributed by atoms with Crippen LogP contribution in [0.1, 0.15) is 33.6 Å². The molecule has 0 aliphatic heterocycles. The lowest BCUT2D eigenvalue weighted by Crippen LogP contribution is -2.33. The SMILES string of the molecule is CC(C)(C)OC(=O)NCCCC(=O)OCC=O. The third kappa shape index (κ3) is 10.7. The number of hydrogen-bond donors (Lipinski definition) is 1. The maximum absolute atomic E-state index is 11.2. The van der Waals surface area contributed by atoms with Gasteiger partial charge in [-0.1, -0.05) is 0 Å². The van der Waals surface area contributed by atoms with Crippen LogP contribution in [0.4, 0.5) is 4.79 Å². The molecule has 0 aliphatic rings. The highest BCUT2D eigenvalue weighted by Gasteiger charge is 2.15. The van der Waals surface area contributed by atoms with Gasteiger partial charge in [-0.25, -0.2) is 4.79 Å². The summed E-state index contributed by atoms with van der Waals surface area (Å²) in [5, 5.41) is 2.51. The van der Waals surface area contributed by atoms with Gasteiger partial charge in [-0.2, -0.15) is 0 Å². The molecular weight excluding hydrogens is 226 g/mol. The molecule has 0 rings (SSSR count). The van der Waals surface area contributed by atoms with Crippen molar-refractivity contribution in [2.24, 2.45) is 0 Å². The number of esters is 1. The van der Waals surface area contributed by atoms with Crippen LogP contribution in [-0.4, -0.2) is 37.1 Å². The summed E-state index contributed by atoms with van der Waals surface area (Å²) in [6.07, 6.45) is 0.594. The fraction of sp³-hybridized carbons (Fsp3) is 0.727. The average molecular weight is 245 g/mol. The molecule has 98 valence electrons. The van der Waals surface area contributed by atoms with Crippen molar-refractivity contribution in [2.75, 3.05) is 13.2 Å². The van der Waals surface area contributed by atoms with Gasteiger partial charge in [-0.3, -0.25) is 9.59 Å². The quantitative estimate of drug-likeness (QED) is 0.429. The van der Waals surface area contributed by atoms with E-state index in [4.69, 9.17) is 4.74 Å². The lowest BCUT2D eigenvalue weighted by atomic mass is 10.2. The summed E-state index contributed by atoms with van der Waals surface area (Å²) in [4.78, 5) is 32.0. The van der Waals surface area contributed by atoms with Gasteiger partial charge in [0.15, 0.2) is 6.29 Å². The highest BCUT2D eigenvalue weighted by molar-refractivity contribution is 5.71. The lowest BCUT2D eigenvalue weighted by Gasteiger charge is -2.19. The first kappa shape index (κ1) is 15.4. The van der Waals surface area contributed by atoms with E-state index in [1.165, 1.54) is 0 Å². The van der Waals surface area contributed by atoms with Crippen LogP contribution in [0.3, 0.4) is 0 Å². The first-order valence-corrected chi connectivity index (χ1v) is 5.41. The number of alkyl carbamates (subject to hydrolysis) is 1. The highest BCUT2D eigenvalue weighted by Crippen LogP contribution is 2.06. The number of carbonyl (C=O) groups excluding carboxylic acids is 3. The summed E-state index contributed by atoms with van der Waals surface area (Å²) in [5.74, 6) is -0.455. The number of carbonyl (C=O) groups is 3. The minimum atomic E-state index is -0.535. The molecule has 0 heterocycles. The summed E-state index contributed by atoms with van der Waals surface area (Å²) in [6, 6.07) is 0. The Morgan fingerprint density at radius 2 is 1.94 bits per heavy atom. The second-order valence-electron chi connectivity index (χ2n) is 4.38. The molecule has 0 fully saturated rings.